The van der Waals surface area contributed by atoms with Gasteiger partial charge in [-0.25, -0.2) is 0 Å². The van der Waals surface area contributed by atoms with Crippen LogP contribution in [0.25, 0.3) is 0 Å². The zero-order valence-corrected chi connectivity index (χ0v) is 8.97. The van der Waals surface area contributed by atoms with E-state index in [-0.39, 0.29) is 5.91 Å². The van der Waals surface area contributed by atoms with Gasteiger partial charge in [0.15, 0.2) is 0 Å². The number of benzene rings is 1. The van der Waals surface area contributed by atoms with E-state index >= 15 is 0 Å². The van der Waals surface area contributed by atoms with Gasteiger partial charge in [0.1, 0.15) is 0 Å². The van der Waals surface area contributed by atoms with Crippen LogP contribution < -0.4 is 5.73 Å². The first-order valence-electron chi connectivity index (χ1n) is 5.22. The maximum Gasteiger partial charge on any atom is 0.248 e. The van der Waals surface area contributed by atoms with Crippen LogP contribution in [0.2, 0.25) is 0 Å². The predicted molar refractivity (Wildman–Crippen MR) is 63.3 cm³/mol. The summed E-state index contributed by atoms with van der Waals surface area (Å²) in [5.74, 6) is -0.365. The standard InChI is InChI=1S/C13H14N2O/c14-13(16)12-6-8-15(9-7-12)10-11-4-2-1-3-5-11/h1-8H,9-10H2,(H2,14,16). The van der Waals surface area contributed by atoms with E-state index in [1.807, 2.05) is 30.5 Å². The lowest BCUT2D eigenvalue weighted by Crippen LogP contribution is -2.23. The van der Waals surface area contributed by atoms with Gasteiger partial charge in [0.25, 0.3) is 0 Å². The van der Waals surface area contributed by atoms with Gasteiger partial charge in [0.2, 0.25) is 5.91 Å². The van der Waals surface area contributed by atoms with Crippen molar-refractivity contribution in [3.8, 4) is 0 Å². The van der Waals surface area contributed by atoms with Gasteiger partial charge in [-0.2, -0.15) is 0 Å². The molecule has 0 radical (unpaired) electrons. The highest BCUT2D eigenvalue weighted by molar-refractivity contribution is 5.94. The Bertz CT molecular complexity index is 435. The Balaban J connectivity index is 1.97. The third kappa shape index (κ3) is 2.51. The maximum absolute atomic E-state index is 10.9. The van der Waals surface area contributed by atoms with Crippen LogP contribution >= 0.6 is 0 Å². The first kappa shape index (κ1) is 10.5. The lowest BCUT2D eigenvalue weighted by atomic mass is 10.1. The van der Waals surface area contributed by atoms with Gasteiger partial charge in [-0.3, -0.25) is 4.79 Å². The van der Waals surface area contributed by atoms with Gasteiger partial charge in [-0.05, 0) is 11.6 Å². The van der Waals surface area contributed by atoms with Crippen molar-refractivity contribution in [1.29, 1.82) is 0 Å². The van der Waals surface area contributed by atoms with Crippen LogP contribution in [0, 0.1) is 0 Å². The third-order valence-corrected chi connectivity index (χ3v) is 2.52. The number of amides is 1. The van der Waals surface area contributed by atoms with Crippen molar-refractivity contribution in [2.45, 2.75) is 6.54 Å². The Morgan fingerprint density at radius 1 is 1.31 bits per heavy atom. The Morgan fingerprint density at radius 3 is 2.62 bits per heavy atom. The molecule has 1 aliphatic heterocycles. The molecule has 0 atom stereocenters. The molecule has 0 unspecified atom stereocenters. The van der Waals surface area contributed by atoms with Gasteiger partial charge < -0.3 is 10.6 Å². The molecule has 2 rings (SSSR count). The van der Waals surface area contributed by atoms with Crippen molar-refractivity contribution >= 4 is 5.91 Å². The van der Waals surface area contributed by atoms with E-state index in [0.29, 0.717) is 5.57 Å². The number of hydrogen-bond donors (Lipinski definition) is 1. The fourth-order valence-electron chi connectivity index (χ4n) is 1.65. The molecular weight excluding hydrogens is 200 g/mol. The molecule has 1 heterocycles. The zero-order valence-electron chi connectivity index (χ0n) is 8.97. The molecule has 0 saturated heterocycles. The summed E-state index contributed by atoms with van der Waals surface area (Å²) in [6.45, 7) is 1.57. The van der Waals surface area contributed by atoms with Crippen molar-refractivity contribution in [1.82, 2.24) is 4.90 Å². The molecule has 0 saturated carbocycles. The Hall–Kier alpha value is -2.03. The highest BCUT2D eigenvalue weighted by atomic mass is 16.1. The number of carbonyl (C=O) groups is 1. The molecule has 1 aliphatic rings. The first-order valence-corrected chi connectivity index (χ1v) is 5.22. The lowest BCUT2D eigenvalue weighted by Gasteiger charge is -2.21. The molecule has 82 valence electrons. The number of rotatable bonds is 3. The Morgan fingerprint density at radius 2 is 2.06 bits per heavy atom. The highest BCUT2D eigenvalue weighted by Gasteiger charge is 2.08. The molecule has 1 aromatic rings. The van der Waals surface area contributed by atoms with Crippen molar-refractivity contribution in [3.63, 3.8) is 0 Å². The van der Waals surface area contributed by atoms with Crippen LogP contribution in [0.3, 0.4) is 0 Å². The monoisotopic (exact) mass is 214 g/mol. The van der Waals surface area contributed by atoms with Crippen LogP contribution in [-0.4, -0.2) is 17.4 Å². The fraction of sp³-hybridized carbons (Fsp3) is 0.154. The van der Waals surface area contributed by atoms with Crippen LogP contribution in [0.15, 0.2) is 54.3 Å². The predicted octanol–water partition coefficient (Wildman–Crippen LogP) is 1.43. The minimum atomic E-state index is -0.365. The van der Waals surface area contributed by atoms with Crippen molar-refractivity contribution in [2.75, 3.05) is 6.54 Å². The first-order chi connectivity index (χ1) is 7.75. The largest absolute Gasteiger partial charge is 0.369 e. The van der Waals surface area contributed by atoms with Crippen molar-refractivity contribution in [2.24, 2.45) is 5.73 Å². The number of carbonyl (C=O) groups excluding carboxylic acids is 1. The molecule has 0 bridgehead atoms. The summed E-state index contributed by atoms with van der Waals surface area (Å²) >= 11 is 0. The second kappa shape index (κ2) is 4.66. The molecule has 16 heavy (non-hydrogen) atoms. The molecule has 0 spiro atoms. The molecule has 0 aliphatic carbocycles. The van der Waals surface area contributed by atoms with Crippen LogP contribution in [-0.2, 0) is 11.3 Å². The minimum absolute atomic E-state index is 0.365. The number of hydrogen-bond acceptors (Lipinski definition) is 2. The number of nitrogens with two attached hydrogens (primary N) is 1. The summed E-state index contributed by atoms with van der Waals surface area (Å²) < 4.78 is 0. The average Bonchev–Trinajstić information content (AvgIpc) is 2.31. The third-order valence-electron chi connectivity index (χ3n) is 2.52. The smallest absolute Gasteiger partial charge is 0.248 e. The Kier molecular flexibility index (Phi) is 3.05. The summed E-state index contributed by atoms with van der Waals surface area (Å²) in [5, 5.41) is 0. The lowest BCUT2D eigenvalue weighted by molar-refractivity contribution is -0.114. The van der Waals surface area contributed by atoms with Crippen molar-refractivity contribution < 1.29 is 4.79 Å². The zero-order chi connectivity index (χ0) is 11.4. The minimum Gasteiger partial charge on any atom is -0.369 e. The number of primary amides is 1. The van der Waals surface area contributed by atoms with E-state index in [2.05, 4.69) is 17.0 Å². The van der Waals surface area contributed by atoms with E-state index in [9.17, 15) is 4.79 Å². The molecule has 1 amide bonds. The van der Waals surface area contributed by atoms with E-state index in [1.165, 1.54) is 5.56 Å². The van der Waals surface area contributed by atoms with Crippen LogP contribution in [0.5, 0.6) is 0 Å². The van der Waals surface area contributed by atoms with E-state index < -0.39 is 0 Å². The summed E-state index contributed by atoms with van der Waals surface area (Å²) in [4.78, 5) is 13.0. The molecule has 1 aromatic carbocycles. The topological polar surface area (TPSA) is 46.3 Å². The SMILES string of the molecule is NC(=O)C1=CCN(Cc2ccccc2)C=C1. The molecule has 2 N–H and O–H groups in total. The van der Waals surface area contributed by atoms with Gasteiger partial charge in [0, 0.05) is 24.9 Å². The van der Waals surface area contributed by atoms with E-state index in [0.717, 1.165) is 13.1 Å². The summed E-state index contributed by atoms with van der Waals surface area (Å²) in [6.07, 6.45) is 5.52. The van der Waals surface area contributed by atoms with E-state index in [4.69, 9.17) is 5.73 Å². The fourth-order valence-corrected chi connectivity index (χ4v) is 1.65. The highest BCUT2D eigenvalue weighted by Crippen LogP contribution is 2.10. The van der Waals surface area contributed by atoms with Crippen LogP contribution in [0.1, 0.15) is 5.56 Å². The molecular formula is C13H14N2O. The van der Waals surface area contributed by atoms with Crippen molar-refractivity contribution in [3.05, 3.63) is 59.8 Å². The van der Waals surface area contributed by atoms with Gasteiger partial charge in [0.05, 0.1) is 0 Å². The van der Waals surface area contributed by atoms with Crippen LogP contribution in [0.4, 0.5) is 0 Å². The van der Waals surface area contributed by atoms with Gasteiger partial charge in [-0.15, -0.1) is 0 Å². The van der Waals surface area contributed by atoms with Gasteiger partial charge >= 0.3 is 0 Å². The quantitative estimate of drug-likeness (QED) is 0.827. The average molecular weight is 214 g/mol. The molecule has 3 heteroatoms. The maximum atomic E-state index is 10.9. The second-order valence-electron chi connectivity index (χ2n) is 3.75. The summed E-state index contributed by atoms with van der Waals surface area (Å²) in [5.41, 5.74) is 7.03. The van der Waals surface area contributed by atoms with E-state index in [1.54, 1.807) is 6.08 Å². The molecule has 0 aromatic heterocycles. The normalized spacial score (nSPS) is 14.8. The van der Waals surface area contributed by atoms with Gasteiger partial charge in [-0.1, -0.05) is 36.4 Å². The summed E-state index contributed by atoms with van der Waals surface area (Å²) in [6, 6.07) is 10.2. The molecule has 3 nitrogen and oxygen atoms in total. The Labute approximate surface area is 94.9 Å². The second-order valence-corrected chi connectivity index (χ2v) is 3.75. The number of nitrogens with zero attached hydrogens (tertiary/aromatic N) is 1. The molecule has 0 fully saturated rings. The summed E-state index contributed by atoms with van der Waals surface area (Å²) in [7, 11) is 0.